The Morgan fingerprint density at radius 3 is 2.35 bits per heavy atom. The summed E-state index contributed by atoms with van der Waals surface area (Å²) in [5.41, 5.74) is 15.8. The zero-order valence-corrected chi connectivity index (χ0v) is 15.8. The zero-order chi connectivity index (χ0) is 18.1. The molecule has 0 aliphatic rings. The third-order valence-corrected chi connectivity index (χ3v) is 3.13. The summed E-state index contributed by atoms with van der Waals surface area (Å²) in [6.07, 6.45) is 1.79. The molecule has 148 valence electrons. The second-order valence-corrected chi connectivity index (χ2v) is 4.96. The number of halogens is 2. The number of amides is 2. The van der Waals surface area contributed by atoms with Crippen LogP contribution >= 0.6 is 24.8 Å². The van der Waals surface area contributed by atoms with Gasteiger partial charge in [-0.3, -0.25) is 9.59 Å². The molecule has 0 aromatic carbocycles. The molecule has 10 nitrogen and oxygen atoms in total. The van der Waals surface area contributed by atoms with E-state index in [0.29, 0.717) is 19.4 Å². The molecule has 0 saturated heterocycles. The summed E-state index contributed by atoms with van der Waals surface area (Å²) in [5.74, 6) is -2.20. The van der Waals surface area contributed by atoms with Gasteiger partial charge in [0.2, 0.25) is 0 Å². The molecule has 1 heterocycles. The van der Waals surface area contributed by atoms with Crippen LogP contribution in [0.5, 0.6) is 0 Å². The summed E-state index contributed by atoms with van der Waals surface area (Å²) in [6, 6.07) is 1.96. The van der Waals surface area contributed by atoms with Crippen molar-refractivity contribution in [3.8, 4) is 0 Å². The van der Waals surface area contributed by atoms with Crippen LogP contribution in [-0.2, 0) is 9.53 Å². The van der Waals surface area contributed by atoms with E-state index >= 15 is 0 Å². The Morgan fingerprint density at radius 2 is 1.81 bits per heavy atom. The van der Waals surface area contributed by atoms with Crippen LogP contribution in [0, 0.1) is 0 Å². The maximum absolute atomic E-state index is 12.2. The lowest BCUT2D eigenvalue weighted by Gasteiger charge is -2.15. The molecule has 1 aromatic rings. The lowest BCUT2D eigenvalue weighted by Crippen LogP contribution is -2.41. The van der Waals surface area contributed by atoms with E-state index in [9.17, 15) is 14.4 Å². The van der Waals surface area contributed by atoms with E-state index in [1.807, 2.05) is 0 Å². The first-order valence-electron chi connectivity index (χ1n) is 7.30. The monoisotopic (exact) mass is 410 g/mol. The van der Waals surface area contributed by atoms with E-state index in [1.165, 1.54) is 19.2 Å². The lowest BCUT2D eigenvalue weighted by atomic mass is 10.1. The van der Waals surface area contributed by atoms with Crippen LogP contribution in [-0.4, -0.2) is 48.4 Å². The number of aromatic nitrogens is 1. The van der Waals surface area contributed by atoms with Crippen molar-refractivity contribution < 1.29 is 19.1 Å². The van der Waals surface area contributed by atoms with Gasteiger partial charge in [0.05, 0.1) is 7.11 Å². The number of nitrogens with zero attached hydrogens (tertiary/aromatic N) is 1. The fourth-order valence-electron chi connectivity index (χ4n) is 1.95. The molecule has 1 rings (SSSR count). The molecule has 0 aliphatic heterocycles. The molecular weight excluding hydrogens is 387 g/mol. The minimum atomic E-state index is -0.797. The molecule has 1 atom stereocenters. The summed E-state index contributed by atoms with van der Waals surface area (Å²) >= 11 is 0. The van der Waals surface area contributed by atoms with Gasteiger partial charge in [0.15, 0.2) is 5.96 Å². The summed E-state index contributed by atoms with van der Waals surface area (Å²) in [4.78, 5) is 41.5. The fourth-order valence-corrected chi connectivity index (χ4v) is 1.95. The first-order chi connectivity index (χ1) is 11.4. The van der Waals surface area contributed by atoms with Gasteiger partial charge in [0, 0.05) is 0 Å². The molecule has 12 heteroatoms. The summed E-state index contributed by atoms with van der Waals surface area (Å²) in [7, 11) is 1.24. The van der Waals surface area contributed by atoms with Crippen LogP contribution in [0.1, 0.15) is 40.2 Å². The second-order valence-electron chi connectivity index (χ2n) is 4.96. The minimum Gasteiger partial charge on any atom is -0.467 e. The lowest BCUT2D eigenvalue weighted by molar-refractivity contribution is -0.143. The van der Waals surface area contributed by atoms with Crippen molar-refractivity contribution in [1.82, 2.24) is 10.3 Å². The van der Waals surface area contributed by atoms with Gasteiger partial charge in [-0.1, -0.05) is 0 Å². The van der Waals surface area contributed by atoms with Crippen molar-refractivity contribution in [2.24, 2.45) is 22.2 Å². The standard InChI is InChI=1S/C14H22N6O4.2ClH/c1-24-13(23)10(4-2-3-7-15)19-11(21)8-5-6-9(18-8)12(22)20-14(16)17;;/h5-6,10,18H,2-4,7,15H2,1H3,(H,19,21)(H4,16,17,20,22);2*1H/t10-;;/m0../s1. The number of carbonyl (C=O) groups is 3. The minimum absolute atomic E-state index is 0. The first kappa shape index (κ1) is 25.9. The van der Waals surface area contributed by atoms with Crippen LogP contribution in [0.15, 0.2) is 17.1 Å². The third-order valence-electron chi connectivity index (χ3n) is 3.13. The molecule has 0 aliphatic carbocycles. The number of carbonyl (C=O) groups excluding carboxylic acids is 3. The fraction of sp³-hybridized carbons (Fsp3) is 0.429. The maximum Gasteiger partial charge on any atom is 0.328 e. The number of aliphatic imine (C=N–C) groups is 1. The quantitative estimate of drug-likeness (QED) is 0.168. The van der Waals surface area contributed by atoms with Crippen molar-refractivity contribution in [3.63, 3.8) is 0 Å². The number of nitrogens with one attached hydrogen (secondary N) is 2. The molecular formula is C14H24Cl2N6O4. The van der Waals surface area contributed by atoms with Gasteiger partial charge >= 0.3 is 5.97 Å². The van der Waals surface area contributed by atoms with E-state index in [0.717, 1.165) is 6.42 Å². The molecule has 0 radical (unpaired) electrons. The van der Waals surface area contributed by atoms with Gasteiger partial charge in [-0.05, 0) is 37.9 Å². The normalized spacial score (nSPS) is 10.5. The number of esters is 1. The second kappa shape index (κ2) is 13.0. The van der Waals surface area contributed by atoms with Gasteiger partial charge in [-0.2, -0.15) is 4.99 Å². The Bertz CT molecular complexity index is 631. The van der Waals surface area contributed by atoms with Crippen LogP contribution in [0.2, 0.25) is 0 Å². The first-order valence-corrected chi connectivity index (χ1v) is 7.30. The predicted octanol–water partition coefficient (Wildman–Crippen LogP) is -0.328. The van der Waals surface area contributed by atoms with Crippen LogP contribution < -0.4 is 22.5 Å². The Morgan fingerprint density at radius 1 is 1.19 bits per heavy atom. The number of hydrogen-bond donors (Lipinski definition) is 5. The molecule has 0 saturated carbocycles. The molecule has 2 amide bonds. The molecule has 0 fully saturated rings. The smallest absolute Gasteiger partial charge is 0.328 e. The van der Waals surface area contributed by atoms with Gasteiger partial charge in [-0.25, -0.2) is 4.79 Å². The van der Waals surface area contributed by atoms with Crippen molar-refractivity contribution in [3.05, 3.63) is 23.5 Å². The SMILES string of the molecule is COC(=O)[C@H](CCCCN)NC(=O)c1ccc(C(=O)N=C(N)N)[nH]1.Cl.Cl. The number of aromatic amines is 1. The van der Waals surface area contributed by atoms with Crippen molar-refractivity contribution in [2.75, 3.05) is 13.7 Å². The van der Waals surface area contributed by atoms with Gasteiger partial charge < -0.3 is 32.2 Å². The zero-order valence-electron chi connectivity index (χ0n) is 14.2. The highest BCUT2D eigenvalue weighted by atomic mass is 35.5. The van der Waals surface area contributed by atoms with E-state index in [1.54, 1.807) is 0 Å². The third kappa shape index (κ3) is 8.19. The summed E-state index contributed by atoms with van der Waals surface area (Å²) in [5, 5.41) is 2.55. The maximum atomic E-state index is 12.2. The van der Waals surface area contributed by atoms with Crippen LogP contribution in [0.25, 0.3) is 0 Å². The number of methoxy groups -OCH3 is 1. The topological polar surface area (TPSA) is 179 Å². The number of H-pyrrole nitrogens is 1. The molecule has 1 aromatic heterocycles. The molecule has 0 unspecified atom stereocenters. The van der Waals surface area contributed by atoms with E-state index in [4.69, 9.17) is 17.2 Å². The van der Waals surface area contributed by atoms with Crippen LogP contribution in [0.3, 0.4) is 0 Å². The molecule has 0 spiro atoms. The number of rotatable bonds is 8. The Kier molecular flexibility index (Phi) is 12.9. The average molecular weight is 411 g/mol. The summed E-state index contributed by atoms with van der Waals surface area (Å²) < 4.78 is 4.67. The Balaban J connectivity index is 0. The van der Waals surface area contributed by atoms with Crippen molar-refractivity contribution in [1.29, 1.82) is 0 Å². The number of guanidine groups is 1. The Hall–Kier alpha value is -2.30. The van der Waals surface area contributed by atoms with E-state index in [-0.39, 0.29) is 42.2 Å². The largest absolute Gasteiger partial charge is 0.467 e. The highest BCUT2D eigenvalue weighted by Crippen LogP contribution is 2.07. The number of unbranched alkanes of at least 4 members (excludes halogenated alkanes) is 1. The number of hydrogen-bond acceptors (Lipinski definition) is 5. The van der Waals surface area contributed by atoms with E-state index < -0.39 is 23.8 Å². The van der Waals surface area contributed by atoms with Crippen molar-refractivity contribution in [2.45, 2.75) is 25.3 Å². The van der Waals surface area contributed by atoms with Gasteiger partial charge in [0.1, 0.15) is 17.4 Å². The number of nitrogens with two attached hydrogens (primary N) is 3. The van der Waals surface area contributed by atoms with Gasteiger partial charge in [-0.15, -0.1) is 24.8 Å². The summed E-state index contributed by atoms with van der Waals surface area (Å²) in [6.45, 7) is 0.495. The average Bonchev–Trinajstić information content (AvgIpc) is 3.02. The molecule has 26 heavy (non-hydrogen) atoms. The van der Waals surface area contributed by atoms with Crippen molar-refractivity contribution >= 4 is 48.6 Å². The highest BCUT2D eigenvalue weighted by molar-refractivity contribution is 6.02. The number of ether oxygens (including phenoxy) is 1. The Labute approximate surface area is 163 Å². The van der Waals surface area contributed by atoms with E-state index in [2.05, 4.69) is 20.0 Å². The van der Waals surface area contributed by atoms with Gasteiger partial charge in [0.25, 0.3) is 11.8 Å². The molecule has 0 bridgehead atoms. The predicted molar refractivity (Wildman–Crippen MR) is 102 cm³/mol. The molecule has 8 N–H and O–H groups in total. The van der Waals surface area contributed by atoms with Crippen LogP contribution in [0.4, 0.5) is 0 Å². The highest BCUT2D eigenvalue weighted by Gasteiger charge is 2.22.